The third-order valence-electron chi connectivity index (χ3n) is 6.18. The average molecular weight is 515 g/mol. The first-order valence-corrected chi connectivity index (χ1v) is 11.7. The fourth-order valence-corrected chi connectivity index (χ4v) is 4.39. The molecule has 38 heavy (non-hydrogen) atoms. The molecule has 0 bridgehead atoms. The van der Waals surface area contributed by atoms with E-state index < -0.39 is 23.5 Å². The van der Waals surface area contributed by atoms with Crippen molar-refractivity contribution in [3.05, 3.63) is 82.9 Å². The Bertz CT molecular complexity index is 1450. The second-order valence-electron chi connectivity index (χ2n) is 8.24. The first kappa shape index (κ1) is 26.1. The average Bonchev–Trinajstić information content (AvgIpc) is 3.22. The van der Waals surface area contributed by atoms with Gasteiger partial charge in [-0.25, -0.2) is 0 Å². The van der Waals surface area contributed by atoms with Crippen LogP contribution >= 0.6 is 0 Å². The van der Waals surface area contributed by atoms with Crippen molar-refractivity contribution in [1.82, 2.24) is 0 Å². The second-order valence-corrected chi connectivity index (χ2v) is 8.24. The maximum Gasteiger partial charge on any atom is 0.300 e. The molecule has 0 spiro atoms. The molecule has 1 amide bonds. The number of anilines is 1. The van der Waals surface area contributed by atoms with E-state index in [1.807, 2.05) is 13.0 Å². The van der Waals surface area contributed by atoms with Crippen molar-refractivity contribution in [2.24, 2.45) is 0 Å². The van der Waals surface area contributed by atoms with Crippen LogP contribution in [0, 0.1) is 11.3 Å². The van der Waals surface area contributed by atoms with E-state index in [0.29, 0.717) is 40.7 Å². The largest absolute Gasteiger partial charge is 0.507 e. The lowest BCUT2D eigenvalue weighted by Gasteiger charge is -2.26. The molecule has 194 valence electrons. The van der Waals surface area contributed by atoms with Gasteiger partial charge in [-0.05, 0) is 67.1 Å². The number of benzene rings is 3. The Balaban J connectivity index is 2.00. The number of rotatable bonds is 8. The minimum atomic E-state index is -1.02. The number of amides is 1. The molecule has 0 aliphatic carbocycles. The van der Waals surface area contributed by atoms with E-state index in [2.05, 4.69) is 0 Å². The van der Waals surface area contributed by atoms with Crippen molar-refractivity contribution < 1.29 is 33.6 Å². The second kappa shape index (κ2) is 11.0. The van der Waals surface area contributed by atoms with Crippen LogP contribution in [0.15, 0.2) is 66.2 Å². The molecule has 1 saturated heterocycles. The molecule has 9 heteroatoms. The quantitative estimate of drug-likeness (QED) is 0.263. The van der Waals surface area contributed by atoms with Crippen molar-refractivity contribution in [2.75, 3.05) is 32.8 Å². The molecule has 1 heterocycles. The molecule has 3 aromatic rings. The number of carbonyl (C=O) groups excluding carboxylic acids is 2. The van der Waals surface area contributed by atoms with Gasteiger partial charge in [-0.3, -0.25) is 14.5 Å². The zero-order valence-electron chi connectivity index (χ0n) is 21.3. The van der Waals surface area contributed by atoms with E-state index in [0.717, 1.165) is 0 Å². The van der Waals surface area contributed by atoms with E-state index in [4.69, 9.17) is 18.9 Å². The molecule has 3 aromatic carbocycles. The first-order valence-electron chi connectivity index (χ1n) is 11.7. The van der Waals surface area contributed by atoms with Crippen molar-refractivity contribution >= 4 is 23.1 Å². The number of nitrogens with zero attached hydrogens (tertiary/aromatic N) is 2. The van der Waals surface area contributed by atoms with Gasteiger partial charge in [-0.2, -0.15) is 5.26 Å². The number of ketones is 1. The van der Waals surface area contributed by atoms with E-state index in [-0.39, 0.29) is 16.9 Å². The minimum Gasteiger partial charge on any atom is -0.507 e. The number of Topliss-reactive ketones (excluding diaryl/α,β-unsaturated/α-hetero) is 1. The topological polar surface area (TPSA) is 118 Å². The molecular weight excluding hydrogens is 488 g/mol. The summed E-state index contributed by atoms with van der Waals surface area (Å²) in [5.41, 5.74) is 1.32. The summed E-state index contributed by atoms with van der Waals surface area (Å²) in [6.07, 6.45) is 0. The Hall–Kier alpha value is -4.97. The van der Waals surface area contributed by atoms with Gasteiger partial charge in [0, 0.05) is 5.69 Å². The summed E-state index contributed by atoms with van der Waals surface area (Å²) in [7, 11) is 4.42. The van der Waals surface area contributed by atoms with E-state index in [1.165, 1.54) is 32.3 Å². The highest BCUT2D eigenvalue weighted by Crippen LogP contribution is 2.45. The van der Waals surface area contributed by atoms with Gasteiger partial charge in [0.05, 0.1) is 56.7 Å². The normalized spacial score (nSPS) is 16.2. The SMILES string of the molecule is CCOc1cc(C2/C(=C(\O)c3cc(OC)ccc3OC)C(=O)C(=O)N2c2ccc(C#N)cc2)ccc1OC. The minimum absolute atomic E-state index is 0.140. The third kappa shape index (κ3) is 4.60. The summed E-state index contributed by atoms with van der Waals surface area (Å²) in [6, 6.07) is 17.1. The van der Waals surface area contributed by atoms with Crippen LogP contribution in [0.25, 0.3) is 5.76 Å². The molecule has 1 aliphatic heterocycles. The molecule has 1 aliphatic rings. The van der Waals surface area contributed by atoms with Gasteiger partial charge in [0.2, 0.25) is 0 Å². The number of carbonyl (C=O) groups is 2. The highest BCUT2D eigenvalue weighted by molar-refractivity contribution is 6.51. The molecule has 4 rings (SSSR count). The molecule has 0 radical (unpaired) electrons. The summed E-state index contributed by atoms with van der Waals surface area (Å²) in [4.78, 5) is 28.3. The van der Waals surface area contributed by atoms with Crippen LogP contribution in [-0.2, 0) is 9.59 Å². The molecule has 0 saturated carbocycles. The van der Waals surface area contributed by atoms with E-state index in [9.17, 15) is 20.0 Å². The number of methoxy groups -OCH3 is 3. The van der Waals surface area contributed by atoms with Gasteiger partial charge in [0.25, 0.3) is 11.7 Å². The Labute approximate surface area is 220 Å². The predicted octanol–water partition coefficient (Wildman–Crippen LogP) is 4.61. The highest BCUT2D eigenvalue weighted by Gasteiger charge is 2.47. The molecule has 1 fully saturated rings. The van der Waals surface area contributed by atoms with Gasteiger partial charge >= 0.3 is 0 Å². The van der Waals surface area contributed by atoms with Crippen LogP contribution < -0.4 is 23.8 Å². The van der Waals surface area contributed by atoms with Gasteiger partial charge in [0.1, 0.15) is 17.3 Å². The standard InChI is InChI=1S/C29H26N2O7/c1-5-38-24-14-18(8-12-23(24)37-4)26-25(27(32)21-15-20(35-2)11-13-22(21)36-3)28(33)29(34)31(26)19-9-6-17(16-30)7-10-19/h6-15,26,32H,5H2,1-4H3/b27-25+. The zero-order chi connectivity index (χ0) is 27.4. The fraction of sp³-hybridized carbons (Fsp3) is 0.207. The third-order valence-corrected chi connectivity index (χ3v) is 6.18. The summed E-state index contributed by atoms with van der Waals surface area (Å²) < 4.78 is 21.9. The van der Waals surface area contributed by atoms with E-state index in [1.54, 1.807) is 54.6 Å². The summed E-state index contributed by atoms with van der Waals surface area (Å²) in [5, 5.41) is 20.7. The number of hydrogen-bond donors (Lipinski definition) is 1. The number of aliphatic hydroxyl groups excluding tert-OH is 1. The van der Waals surface area contributed by atoms with Crippen molar-refractivity contribution in [3.8, 4) is 29.1 Å². The number of hydrogen-bond acceptors (Lipinski definition) is 8. The van der Waals surface area contributed by atoms with Crippen LogP contribution in [-0.4, -0.2) is 44.7 Å². The lowest BCUT2D eigenvalue weighted by Crippen LogP contribution is -2.29. The van der Waals surface area contributed by atoms with Crippen LogP contribution in [0.2, 0.25) is 0 Å². The Morgan fingerprint density at radius 1 is 0.921 bits per heavy atom. The zero-order valence-corrected chi connectivity index (χ0v) is 21.3. The van der Waals surface area contributed by atoms with Crippen LogP contribution in [0.1, 0.15) is 29.7 Å². The maximum atomic E-state index is 13.5. The molecular formula is C29H26N2O7. The van der Waals surface area contributed by atoms with Gasteiger partial charge in [-0.15, -0.1) is 0 Å². The first-order chi connectivity index (χ1) is 18.4. The fourth-order valence-electron chi connectivity index (χ4n) is 4.39. The summed E-state index contributed by atoms with van der Waals surface area (Å²) >= 11 is 0. The number of aliphatic hydroxyl groups is 1. The van der Waals surface area contributed by atoms with Crippen molar-refractivity contribution in [3.63, 3.8) is 0 Å². The lowest BCUT2D eigenvalue weighted by atomic mass is 9.94. The lowest BCUT2D eigenvalue weighted by molar-refractivity contribution is -0.132. The summed E-state index contributed by atoms with van der Waals surface area (Å²) in [6.45, 7) is 2.18. The van der Waals surface area contributed by atoms with E-state index >= 15 is 0 Å². The highest BCUT2D eigenvalue weighted by atomic mass is 16.5. The van der Waals surface area contributed by atoms with Crippen molar-refractivity contribution in [2.45, 2.75) is 13.0 Å². The Morgan fingerprint density at radius 2 is 1.61 bits per heavy atom. The van der Waals surface area contributed by atoms with Crippen LogP contribution in [0.5, 0.6) is 23.0 Å². The molecule has 1 N–H and O–H groups in total. The summed E-state index contributed by atoms with van der Waals surface area (Å²) in [5.74, 6) is -0.539. The van der Waals surface area contributed by atoms with Gasteiger partial charge < -0.3 is 24.1 Å². The van der Waals surface area contributed by atoms with Crippen LogP contribution in [0.3, 0.4) is 0 Å². The number of nitriles is 1. The molecule has 1 unspecified atom stereocenters. The monoisotopic (exact) mass is 514 g/mol. The molecule has 1 atom stereocenters. The predicted molar refractivity (Wildman–Crippen MR) is 140 cm³/mol. The number of ether oxygens (including phenoxy) is 4. The smallest absolute Gasteiger partial charge is 0.300 e. The van der Waals surface area contributed by atoms with Crippen molar-refractivity contribution in [1.29, 1.82) is 5.26 Å². The van der Waals surface area contributed by atoms with Gasteiger partial charge in [-0.1, -0.05) is 6.07 Å². The van der Waals surface area contributed by atoms with Crippen LogP contribution in [0.4, 0.5) is 5.69 Å². The van der Waals surface area contributed by atoms with Gasteiger partial charge in [0.15, 0.2) is 11.5 Å². The molecule has 9 nitrogen and oxygen atoms in total. The Kier molecular flexibility index (Phi) is 7.53. The Morgan fingerprint density at radius 3 is 2.21 bits per heavy atom. The molecule has 0 aromatic heterocycles. The maximum absolute atomic E-state index is 13.5.